The van der Waals surface area contributed by atoms with Gasteiger partial charge >= 0.3 is 0 Å². The molecule has 1 saturated heterocycles. The van der Waals surface area contributed by atoms with Gasteiger partial charge in [0, 0.05) is 19.5 Å². The van der Waals surface area contributed by atoms with Gasteiger partial charge < -0.3 is 4.90 Å². The van der Waals surface area contributed by atoms with E-state index in [1.165, 1.54) is 57.8 Å². The molecule has 4 rings (SSSR count). The lowest BCUT2D eigenvalue weighted by atomic mass is 9.46. The van der Waals surface area contributed by atoms with Crippen molar-refractivity contribution in [2.45, 2.75) is 104 Å². The van der Waals surface area contributed by atoms with E-state index >= 15 is 0 Å². The molecule has 0 aromatic rings. The second-order valence-corrected chi connectivity index (χ2v) is 11.3. The summed E-state index contributed by atoms with van der Waals surface area (Å²) in [4.78, 5) is 14.5. The number of fused-ring (bicyclic) bond motifs is 5. The molecule has 0 N–H and O–H groups in total. The van der Waals surface area contributed by atoms with Gasteiger partial charge in [0.1, 0.15) is 0 Å². The van der Waals surface area contributed by atoms with Crippen LogP contribution in [0.1, 0.15) is 98.3 Å². The largest absolute Gasteiger partial charge is 0.342 e. The van der Waals surface area contributed by atoms with Crippen molar-refractivity contribution in [1.82, 2.24) is 4.90 Å². The number of carbonyl (C=O) groups excluding carboxylic acids is 1. The van der Waals surface area contributed by atoms with E-state index in [4.69, 9.17) is 0 Å². The summed E-state index contributed by atoms with van der Waals surface area (Å²) in [6.07, 6.45) is 14.6. The van der Waals surface area contributed by atoms with Crippen LogP contribution in [0.15, 0.2) is 0 Å². The molecule has 0 bridgehead atoms. The standard InChI is InChI=1S/C25H43NO/c1-6-7-8-9-19-17(2)16-21-18-10-11-22-25(4,15-13-23(27)26(22)5)20(18)12-14-24(19,21)3/h17-22H,6-16H2,1-5H3/t17?,18-,19?,20+,21+,22-,24-,25-/m1/s1. The summed E-state index contributed by atoms with van der Waals surface area (Å²) in [7, 11) is 2.08. The molecule has 1 amide bonds. The summed E-state index contributed by atoms with van der Waals surface area (Å²) in [6, 6.07) is 0.503. The Morgan fingerprint density at radius 3 is 2.56 bits per heavy atom. The highest BCUT2D eigenvalue weighted by atomic mass is 16.2. The number of rotatable bonds is 4. The summed E-state index contributed by atoms with van der Waals surface area (Å²) >= 11 is 0. The molecule has 8 atom stereocenters. The number of amides is 1. The van der Waals surface area contributed by atoms with Gasteiger partial charge in [0.25, 0.3) is 0 Å². The van der Waals surface area contributed by atoms with E-state index < -0.39 is 0 Å². The zero-order valence-corrected chi connectivity index (χ0v) is 18.6. The fourth-order valence-electron chi connectivity index (χ4n) is 8.85. The molecule has 2 unspecified atom stereocenters. The highest BCUT2D eigenvalue weighted by molar-refractivity contribution is 5.77. The summed E-state index contributed by atoms with van der Waals surface area (Å²) in [5.41, 5.74) is 0.963. The van der Waals surface area contributed by atoms with E-state index in [-0.39, 0.29) is 0 Å². The molecule has 3 saturated carbocycles. The third-order valence-corrected chi connectivity index (χ3v) is 10.3. The van der Waals surface area contributed by atoms with Crippen molar-refractivity contribution in [3.05, 3.63) is 0 Å². The summed E-state index contributed by atoms with van der Waals surface area (Å²) in [6.45, 7) is 10.1. The average molecular weight is 374 g/mol. The van der Waals surface area contributed by atoms with Gasteiger partial charge in [0.2, 0.25) is 5.91 Å². The molecule has 4 fully saturated rings. The summed E-state index contributed by atoms with van der Waals surface area (Å²) in [5.74, 6) is 4.98. The Morgan fingerprint density at radius 2 is 1.81 bits per heavy atom. The first-order chi connectivity index (χ1) is 12.8. The molecule has 1 aliphatic heterocycles. The van der Waals surface area contributed by atoms with Gasteiger partial charge in [0.15, 0.2) is 0 Å². The Labute approximate surface area is 167 Å². The van der Waals surface area contributed by atoms with Crippen molar-refractivity contribution in [1.29, 1.82) is 0 Å². The molecule has 0 radical (unpaired) electrons. The number of unbranched alkanes of at least 4 members (excludes halogenated alkanes) is 2. The second kappa shape index (κ2) is 7.06. The molecule has 1 heterocycles. The number of hydrogen-bond acceptors (Lipinski definition) is 1. The van der Waals surface area contributed by atoms with E-state index in [0.29, 0.717) is 22.8 Å². The Morgan fingerprint density at radius 1 is 1.04 bits per heavy atom. The first-order valence-corrected chi connectivity index (χ1v) is 12.1. The molecule has 0 spiro atoms. The zero-order valence-electron chi connectivity index (χ0n) is 18.6. The molecular formula is C25H43NO. The normalized spacial score (nSPS) is 49.5. The van der Waals surface area contributed by atoms with Crippen LogP contribution in [-0.2, 0) is 4.79 Å². The van der Waals surface area contributed by atoms with Crippen LogP contribution in [0.3, 0.4) is 0 Å². The van der Waals surface area contributed by atoms with Gasteiger partial charge in [0.05, 0.1) is 0 Å². The number of likely N-dealkylation sites (tertiary alicyclic amines) is 1. The van der Waals surface area contributed by atoms with Crippen molar-refractivity contribution >= 4 is 5.91 Å². The molecule has 4 aliphatic rings. The van der Waals surface area contributed by atoms with E-state index in [0.717, 1.165) is 42.4 Å². The summed E-state index contributed by atoms with van der Waals surface area (Å²) in [5, 5.41) is 0. The lowest BCUT2D eigenvalue weighted by molar-refractivity contribution is -0.158. The molecule has 0 aromatic heterocycles. The van der Waals surface area contributed by atoms with E-state index in [2.05, 4.69) is 39.6 Å². The van der Waals surface area contributed by atoms with Crippen molar-refractivity contribution in [2.75, 3.05) is 7.05 Å². The van der Waals surface area contributed by atoms with Gasteiger partial charge in [-0.1, -0.05) is 47.0 Å². The van der Waals surface area contributed by atoms with Crippen LogP contribution in [0.25, 0.3) is 0 Å². The molecule has 2 heteroatoms. The Bertz CT molecular complexity index is 573. The fourth-order valence-corrected chi connectivity index (χ4v) is 8.85. The molecule has 2 nitrogen and oxygen atoms in total. The minimum absolute atomic E-state index is 0.371. The number of hydrogen-bond donors (Lipinski definition) is 0. The van der Waals surface area contributed by atoms with E-state index in [1.54, 1.807) is 0 Å². The first kappa shape index (κ1) is 19.8. The smallest absolute Gasteiger partial charge is 0.222 e. The molecule has 3 aliphatic carbocycles. The van der Waals surface area contributed by atoms with Crippen LogP contribution in [-0.4, -0.2) is 23.9 Å². The maximum absolute atomic E-state index is 12.3. The summed E-state index contributed by atoms with van der Waals surface area (Å²) < 4.78 is 0. The molecule has 0 aromatic carbocycles. The van der Waals surface area contributed by atoms with Crippen molar-refractivity contribution in [2.24, 2.45) is 40.4 Å². The highest BCUT2D eigenvalue weighted by Gasteiger charge is 2.62. The molecule has 154 valence electrons. The van der Waals surface area contributed by atoms with Crippen LogP contribution in [0, 0.1) is 40.4 Å². The van der Waals surface area contributed by atoms with Crippen LogP contribution in [0.5, 0.6) is 0 Å². The SMILES string of the molecule is CCCCCC1C(C)C[C@H]2[C@@H]3CC[C@H]4N(C)C(=O)CC[C@]4(C)[C@H]3CC[C@]12C. The average Bonchev–Trinajstić information content (AvgIpc) is 2.90. The first-order valence-electron chi connectivity index (χ1n) is 12.1. The quantitative estimate of drug-likeness (QED) is 0.530. The van der Waals surface area contributed by atoms with Crippen molar-refractivity contribution in [3.8, 4) is 0 Å². The van der Waals surface area contributed by atoms with E-state index in [1.807, 2.05) is 0 Å². The van der Waals surface area contributed by atoms with Gasteiger partial charge in [-0.3, -0.25) is 4.79 Å². The zero-order chi connectivity index (χ0) is 19.4. The van der Waals surface area contributed by atoms with E-state index in [9.17, 15) is 4.79 Å². The van der Waals surface area contributed by atoms with Gasteiger partial charge in [-0.25, -0.2) is 0 Å². The van der Waals surface area contributed by atoms with Crippen LogP contribution < -0.4 is 0 Å². The Kier molecular flexibility index (Phi) is 5.17. The topological polar surface area (TPSA) is 20.3 Å². The lowest BCUT2D eigenvalue weighted by Crippen LogP contribution is -2.61. The second-order valence-electron chi connectivity index (χ2n) is 11.3. The van der Waals surface area contributed by atoms with Crippen LogP contribution >= 0.6 is 0 Å². The van der Waals surface area contributed by atoms with Gasteiger partial charge in [-0.15, -0.1) is 0 Å². The maximum atomic E-state index is 12.3. The molecular weight excluding hydrogens is 330 g/mol. The molecule has 27 heavy (non-hydrogen) atoms. The monoisotopic (exact) mass is 373 g/mol. The Balaban J connectivity index is 1.56. The number of nitrogens with zero attached hydrogens (tertiary/aromatic N) is 1. The lowest BCUT2D eigenvalue weighted by Gasteiger charge is -2.62. The third-order valence-electron chi connectivity index (χ3n) is 10.3. The number of piperidine rings is 1. The van der Waals surface area contributed by atoms with Crippen LogP contribution in [0.2, 0.25) is 0 Å². The third kappa shape index (κ3) is 2.91. The minimum atomic E-state index is 0.371. The van der Waals surface area contributed by atoms with Crippen molar-refractivity contribution < 1.29 is 4.79 Å². The van der Waals surface area contributed by atoms with Crippen molar-refractivity contribution in [3.63, 3.8) is 0 Å². The predicted molar refractivity (Wildman–Crippen MR) is 112 cm³/mol. The minimum Gasteiger partial charge on any atom is -0.342 e. The fraction of sp³-hybridized carbons (Fsp3) is 0.960. The predicted octanol–water partition coefficient (Wildman–Crippen LogP) is 6.29. The van der Waals surface area contributed by atoms with Gasteiger partial charge in [-0.2, -0.15) is 0 Å². The Hall–Kier alpha value is -0.530. The highest BCUT2D eigenvalue weighted by Crippen LogP contribution is 2.67. The van der Waals surface area contributed by atoms with Crippen LogP contribution in [0.4, 0.5) is 0 Å². The maximum Gasteiger partial charge on any atom is 0.222 e. The van der Waals surface area contributed by atoms with Gasteiger partial charge in [-0.05, 0) is 85.4 Å². The number of carbonyl (C=O) groups is 1.